The molecular formula is C28H24ClN7O4. The van der Waals surface area contributed by atoms with Crippen LogP contribution < -0.4 is 26.7 Å². The molecule has 0 bridgehead atoms. The number of anilines is 2. The largest absolute Gasteiger partial charge is 0.493 e. The predicted octanol–water partition coefficient (Wildman–Crippen LogP) is 3.13. The number of aliphatic imine (C=N–C) groups is 1. The van der Waals surface area contributed by atoms with Crippen molar-refractivity contribution in [2.45, 2.75) is 0 Å². The van der Waals surface area contributed by atoms with Crippen molar-refractivity contribution < 1.29 is 5.11 Å². The minimum Gasteiger partial charge on any atom is -0.493 e. The number of aromatic nitrogens is 4. The van der Waals surface area contributed by atoms with E-state index in [1.807, 2.05) is 24.3 Å². The van der Waals surface area contributed by atoms with Crippen LogP contribution in [0.15, 0.2) is 86.1 Å². The zero-order valence-corrected chi connectivity index (χ0v) is 21.9. The molecule has 6 rings (SSSR count). The van der Waals surface area contributed by atoms with Crippen molar-refractivity contribution >= 4 is 45.9 Å². The van der Waals surface area contributed by atoms with Gasteiger partial charge in [-0.2, -0.15) is 0 Å². The third kappa shape index (κ3) is 4.78. The maximum Gasteiger partial charge on any atom is 0.335 e. The molecule has 3 aromatic carbocycles. The van der Waals surface area contributed by atoms with Crippen molar-refractivity contribution in [1.82, 2.24) is 19.5 Å². The van der Waals surface area contributed by atoms with Gasteiger partial charge in [-0.05, 0) is 48.5 Å². The Bertz CT molecular complexity index is 1900. The highest BCUT2D eigenvalue weighted by Crippen LogP contribution is 2.33. The Labute approximate surface area is 231 Å². The Morgan fingerprint density at radius 1 is 0.800 bits per heavy atom. The van der Waals surface area contributed by atoms with Crippen LogP contribution in [0.25, 0.3) is 16.7 Å². The summed E-state index contributed by atoms with van der Waals surface area (Å²) in [4.78, 5) is 54.0. The van der Waals surface area contributed by atoms with Crippen LogP contribution >= 0.6 is 11.6 Å². The monoisotopic (exact) mass is 557 g/mol. The maximum atomic E-state index is 12.7. The summed E-state index contributed by atoms with van der Waals surface area (Å²) in [6.45, 7) is 2.96. The van der Waals surface area contributed by atoms with Gasteiger partial charge in [0.05, 0.1) is 28.1 Å². The average molecular weight is 558 g/mol. The Morgan fingerprint density at radius 3 is 2.15 bits per heavy atom. The molecule has 2 aromatic heterocycles. The second kappa shape index (κ2) is 10.3. The van der Waals surface area contributed by atoms with Gasteiger partial charge in [-0.1, -0.05) is 29.8 Å². The van der Waals surface area contributed by atoms with Crippen molar-refractivity contribution in [3.8, 4) is 11.6 Å². The summed E-state index contributed by atoms with van der Waals surface area (Å²) in [7, 11) is 0. The number of fused-ring (bicyclic) bond motifs is 1. The summed E-state index contributed by atoms with van der Waals surface area (Å²) in [5.41, 5.74) is 1.76. The standard InChI is InChI=1S/C28H24ClN7O4/c29-17-6-8-19(9-7-17)36-26(38)20(25(37)33-28(36)40)16-30-23-14-21-22(32-27(39)31-21)15-24(23)35-12-10-34(11-13-35)18-4-2-1-3-5-18/h1-9,14-16,38H,10-13H2,(H2,31,32,39)(H,33,37,40). The lowest BCUT2D eigenvalue weighted by molar-refractivity contribution is 0.430. The fraction of sp³-hybridized carbons (Fsp3) is 0.143. The van der Waals surface area contributed by atoms with Gasteiger partial charge < -0.3 is 24.9 Å². The summed E-state index contributed by atoms with van der Waals surface area (Å²) < 4.78 is 0.968. The van der Waals surface area contributed by atoms with Gasteiger partial charge in [-0.15, -0.1) is 0 Å². The third-order valence-corrected chi connectivity index (χ3v) is 7.14. The lowest BCUT2D eigenvalue weighted by Crippen LogP contribution is -2.46. The molecule has 1 aliphatic rings. The van der Waals surface area contributed by atoms with E-state index in [-0.39, 0.29) is 11.3 Å². The molecule has 0 unspecified atom stereocenters. The molecule has 0 aliphatic carbocycles. The van der Waals surface area contributed by atoms with Crippen molar-refractivity contribution in [3.63, 3.8) is 0 Å². The molecule has 1 saturated heterocycles. The zero-order valence-electron chi connectivity index (χ0n) is 21.1. The fourth-order valence-electron chi connectivity index (χ4n) is 4.88. The second-order valence-corrected chi connectivity index (χ2v) is 9.78. The lowest BCUT2D eigenvalue weighted by atomic mass is 10.1. The van der Waals surface area contributed by atoms with Crippen molar-refractivity contribution in [2.75, 3.05) is 36.0 Å². The van der Waals surface area contributed by atoms with Gasteiger partial charge in [0.25, 0.3) is 5.56 Å². The Morgan fingerprint density at radius 2 is 1.45 bits per heavy atom. The number of benzene rings is 3. The molecule has 12 heteroatoms. The molecule has 3 heterocycles. The van der Waals surface area contributed by atoms with Gasteiger partial charge in [-0.3, -0.25) is 14.8 Å². The highest BCUT2D eigenvalue weighted by atomic mass is 35.5. The first-order valence-electron chi connectivity index (χ1n) is 12.6. The number of piperazine rings is 1. The molecule has 40 heavy (non-hydrogen) atoms. The predicted molar refractivity (Wildman–Crippen MR) is 156 cm³/mol. The zero-order chi connectivity index (χ0) is 27.8. The number of para-hydroxylation sites is 1. The molecule has 0 saturated carbocycles. The molecular weight excluding hydrogens is 534 g/mol. The van der Waals surface area contributed by atoms with Crippen molar-refractivity contribution in [3.05, 3.63) is 109 Å². The summed E-state index contributed by atoms with van der Waals surface area (Å²) >= 11 is 5.95. The second-order valence-electron chi connectivity index (χ2n) is 9.34. The number of hydrogen-bond acceptors (Lipinski definition) is 7. The van der Waals surface area contributed by atoms with E-state index in [0.717, 1.165) is 29.0 Å². The highest BCUT2D eigenvalue weighted by molar-refractivity contribution is 6.30. The fourth-order valence-corrected chi connectivity index (χ4v) is 5.01. The first kappa shape index (κ1) is 25.3. The number of aromatic amines is 3. The summed E-state index contributed by atoms with van der Waals surface area (Å²) in [5.74, 6) is -0.561. The number of rotatable bonds is 5. The normalized spacial score (nSPS) is 13.9. The molecule has 0 amide bonds. The molecule has 1 aliphatic heterocycles. The van der Waals surface area contributed by atoms with Crippen LogP contribution in [0.4, 0.5) is 17.1 Å². The number of nitrogens with zero attached hydrogens (tertiary/aromatic N) is 4. The minimum atomic E-state index is -0.801. The van der Waals surface area contributed by atoms with Crippen LogP contribution in [0.2, 0.25) is 5.02 Å². The van der Waals surface area contributed by atoms with E-state index in [9.17, 15) is 19.5 Å². The number of hydrogen-bond donors (Lipinski definition) is 4. The summed E-state index contributed by atoms with van der Waals surface area (Å²) in [6, 6.07) is 20.0. The lowest BCUT2D eigenvalue weighted by Gasteiger charge is -2.37. The number of halogens is 1. The number of H-pyrrole nitrogens is 3. The van der Waals surface area contributed by atoms with Crippen molar-refractivity contribution in [1.29, 1.82) is 0 Å². The smallest absolute Gasteiger partial charge is 0.335 e. The third-order valence-electron chi connectivity index (χ3n) is 6.89. The van der Waals surface area contributed by atoms with Crippen LogP contribution in [0.3, 0.4) is 0 Å². The molecule has 11 nitrogen and oxygen atoms in total. The van der Waals surface area contributed by atoms with Crippen LogP contribution in [-0.2, 0) is 0 Å². The molecule has 1 fully saturated rings. The Kier molecular flexibility index (Phi) is 6.48. The molecule has 0 spiro atoms. The van der Waals surface area contributed by atoms with Gasteiger partial charge in [0.2, 0.25) is 5.88 Å². The quantitative estimate of drug-likeness (QED) is 0.245. The summed E-state index contributed by atoms with van der Waals surface area (Å²) in [5, 5.41) is 11.4. The van der Waals surface area contributed by atoms with E-state index in [1.165, 1.54) is 6.21 Å². The topological polar surface area (TPSA) is 143 Å². The average Bonchev–Trinajstić information content (AvgIpc) is 3.32. The van der Waals surface area contributed by atoms with Gasteiger partial charge in [-0.25, -0.2) is 14.2 Å². The van der Waals surface area contributed by atoms with E-state index in [2.05, 4.69) is 41.9 Å². The van der Waals surface area contributed by atoms with Crippen LogP contribution in [0.5, 0.6) is 5.88 Å². The molecule has 4 N–H and O–H groups in total. The van der Waals surface area contributed by atoms with E-state index in [1.54, 1.807) is 30.3 Å². The molecule has 0 radical (unpaired) electrons. The number of aromatic hydroxyl groups is 1. The molecule has 0 atom stereocenters. The summed E-state index contributed by atoms with van der Waals surface area (Å²) in [6.07, 6.45) is 1.22. The van der Waals surface area contributed by atoms with E-state index >= 15 is 0 Å². The molecule has 202 valence electrons. The molecule has 5 aromatic rings. The van der Waals surface area contributed by atoms with Gasteiger partial charge >= 0.3 is 11.4 Å². The Balaban J connectivity index is 1.38. The minimum absolute atomic E-state index is 0.197. The number of nitrogens with one attached hydrogen (secondary N) is 3. The van der Waals surface area contributed by atoms with E-state index in [0.29, 0.717) is 40.5 Å². The van der Waals surface area contributed by atoms with Gasteiger partial charge in [0.15, 0.2) is 0 Å². The van der Waals surface area contributed by atoms with Crippen LogP contribution in [-0.4, -0.2) is 57.0 Å². The van der Waals surface area contributed by atoms with Crippen LogP contribution in [0.1, 0.15) is 5.56 Å². The SMILES string of the molecule is O=c1[nH]c2cc(N=Cc3c(O)n(-c4ccc(Cl)cc4)c(=O)[nH]c3=O)c(N3CCN(c4ccccc4)CC3)cc2[nH]1. The van der Waals surface area contributed by atoms with E-state index < -0.39 is 17.1 Å². The van der Waals surface area contributed by atoms with Gasteiger partial charge in [0.1, 0.15) is 5.56 Å². The first-order chi connectivity index (χ1) is 19.4. The van der Waals surface area contributed by atoms with Crippen LogP contribution in [0, 0.1) is 0 Å². The first-order valence-corrected chi connectivity index (χ1v) is 12.9. The van der Waals surface area contributed by atoms with Gasteiger partial charge in [0, 0.05) is 43.1 Å². The number of imidazole rings is 1. The van der Waals surface area contributed by atoms with E-state index in [4.69, 9.17) is 11.6 Å². The highest BCUT2D eigenvalue weighted by Gasteiger charge is 2.21. The Hall–Kier alpha value is -5.03. The maximum absolute atomic E-state index is 12.7. The van der Waals surface area contributed by atoms with Crippen molar-refractivity contribution in [2.24, 2.45) is 4.99 Å².